The maximum Gasteiger partial charge on any atom is 0.253 e. The first-order valence-corrected chi connectivity index (χ1v) is 7.86. The van der Waals surface area contributed by atoms with Crippen LogP contribution in [0.25, 0.3) is 0 Å². The Labute approximate surface area is 136 Å². The molecular formula is C19H20N2O2. The molecule has 1 fully saturated rings. The van der Waals surface area contributed by atoms with Crippen LogP contribution in [-0.4, -0.2) is 36.3 Å². The summed E-state index contributed by atoms with van der Waals surface area (Å²) in [6.07, 6.45) is 0.354. The summed E-state index contributed by atoms with van der Waals surface area (Å²) in [4.78, 5) is 28.6. The highest BCUT2D eigenvalue weighted by molar-refractivity contribution is 5.97. The van der Waals surface area contributed by atoms with E-state index in [1.165, 1.54) is 0 Å². The quantitative estimate of drug-likeness (QED) is 0.856. The lowest BCUT2D eigenvalue weighted by atomic mass is 10.1. The molecule has 0 aromatic heterocycles. The second-order valence-electron chi connectivity index (χ2n) is 5.79. The number of carbonyl (C=O) groups excluding carboxylic acids is 2. The van der Waals surface area contributed by atoms with Gasteiger partial charge in [-0.05, 0) is 31.2 Å². The van der Waals surface area contributed by atoms with Crippen LogP contribution in [0.1, 0.15) is 22.3 Å². The van der Waals surface area contributed by atoms with Gasteiger partial charge in [0, 0.05) is 37.3 Å². The van der Waals surface area contributed by atoms with Gasteiger partial charge in [0.15, 0.2) is 0 Å². The van der Waals surface area contributed by atoms with Crippen molar-refractivity contribution >= 4 is 17.5 Å². The van der Waals surface area contributed by atoms with Crippen molar-refractivity contribution in [1.82, 2.24) is 4.90 Å². The molecule has 4 heteroatoms. The van der Waals surface area contributed by atoms with Gasteiger partial charge in [0.25, 0.3) is 5.91 Å². The Morgan fingerprint density at radius 3 is 2.48 bits per heavy atom. The smallest absolute Gasteiger partial charge is 0.253 e. The zero-order chi connectivity index (χ0) is 16.2. The molecular weight excluding hydrogens is 288 g/mol. The molecule has 3 rings (SSSR count). The minimum absolute atomic E-state index is 0.00332. The lowest BCUT2D eigenvalue weighted by Crippen LogP contribution is -2.35. The minimum Gasteiger partial charge on any atom is -0.336 e. The van der Waals surface area contributed by atoms with E-state index in [0.717, 1.165) is 11.3 Å². The molecule has 2 aromatic carbocycles. The van der Waals surface area contributed by atoms with E-state index in [2.05, 4.69) is 0 Å². The van der Waals surface area contributed by atoms with Crippen LogP contribution in [0.4, 0.5) is 5.69 Å². The second-order valence-corrected chi connectivity index (χ2v) is 5.79. The summed E-state index contributed by atoms with van der Waals surface area (Å²) in [5.74, 6) is 0.0622. The van der Waals surface area contributed by atoms with E-state index in [1.807, 2.05) is 61.5 Å². The number of carbonyl (C=O) groups is 2. The first-order valence-electron chi connectivity index (χ1n) is 7.86. The van der Waals surface area contributed by atoms with Crippen LogP contribution in [-0.2, 0) is 4.79 Å². The zero-order valence-corrected chi connectivity index (χ0v) is 13.2. The molecule has 118 valence electrons. The first kappa shape index (κ1) is 15.3. The molecule has 0 unspecified atom stereocenters. The lowest BCUT2D eigenvalue weighted by Gasteiger charge is -2.22. The van der Waals surface area contributed by atoms with Crippen LogP contribution in [0.3, 0.4) is 0 Å². The number of hydrogen-bond donors (Lipinski definition) is 0. The van der Waals surface area contributed by atoms with Crippen LogP contribution < -0.4 is 4.90 Å². The van der Waals surface area contributed by atoms with E-state index in [1.54, 1.807) is 9.80 Å². The molecule has 0 aliphatic carbocycles. The number of anilines is 1. The van der Waals surface area contributed by atoms with E-state index in [0.29, 0.717) is 31.6 Å². The van der Waals surface area contributed by atoms with Crippen LogP contribution in [0.2, 0.25) is 0 Å². The van der Waals surface area contributed by atoms with E-state index in [9.17, 15) is 9.59 Å². The Bertz CT molecular complexity index is 712. The van der Waals surface area contributed by atoms with Gasteiger partial charge in [0.1, 0.15) is 0 Å². The fraction of sp³-hybridized carbons (Fsp3) is 0.263. The third kappa shape index (κ3) is 3.42. The monoisotopic (exact) mass is 308 g/mol. The molecule has 2 amide bonds. The standard InChI is InChI=1S/C19H20N2O2/c1-15-6-5-7-16(14-15)19(23)20-11-10-18(22)21(13-12-20)17-8-3-2-4-9-17/h2-9,14H,10-13H2,1H3. The normalized spacial score (nSPS) is 15.4. The maximum absolute atomic E-state index is 12.7. The number of aryl methyl sites for hydroxylation is 1. The molecule has 0 spiro atoms. The Kier molecular flexibility index (Phi) is 4.42. The van der Waals surface area contributed by atoms with Crippen molar-refractivity contribution in [3.8, 4) is 0 Å². The van der Waals surface area contributed by atoms with Gasteiger partial charge in [0.2, 0.25) is 5.91 Å². The number of para-hydroxylation sites is 1. The average molecular weight is 308 g/mol. The largest absolute Gasteiger partial charge is 0.336 e. The van der Waals surface area contributed by atoms with Gasteiger partial charge < -0.3 is 9.80 Å². The fourth-order valence-corrected chi connectivity index (χ4v) is 2.87. The van der Waals surface area contributed by atoms with Gasteiger partial charge in [-0.2, -0.15) is 0 Å². The van der Waals surface area contributed by atoms with Crippen LogP contribution in [0, 0.1) is 6.92 Å². The number of benzene rings is 2. The Morgan fingerprint density at radius 2 is 1.74 bits per heavy atom. The molecule has 0 saturated carbocycles. The predicted molar refractivity (Wildman–Crippen MR) is 90.5 cm³/mol. The van der Waals surface area contributed by atoms with Crippen molar-refractivity contribution < 1.29 is 9.59 Å². The number of hydrogen-bond acceptors (Lipinski definition) is 2. The van der Waals surface area contributed by atoms with Gasteiger partial charge in [0.05, 0.1) is 0 Å². The van der Waals surface area contributed by atoms with Gasteiger partial charge >= 0.3 is 0 Å². The molecule has 0 bridgehead atoms. The maximum atomic E-state index is 12.7. The van der Waals surface area contributed by atoms with Crippen LogP contribution >= 0.6 is 0 Å². The summed E-state index contributed by atoms with van der Waals surface area (Å²) < 4.78 is 0. The van der Waals surface area contributed by atoms with Gasteiger partial charge in [-0.1, -0.05) is 35.9 Å². The average Bonchev–Trinajstić information content (AvgIpc) is 2.77. The highest BCUT2D eigenvalue weighted by atomic mass is 16.2. The van der Waals surface area contributed by atoms with Crippen molar-refractivity contribution in [1.29, 1.82) is 0 Å². The summed E-state index contributed by atoms with van der Waals surface area (Å²) in [6, 6.07) is 17.2. The van der Waals surface area contributed by atoms with Crippen molar-refractivity contribution in [2.75, 3.05) is 24.5 Å². The topological polar surface area (TPSA) is 40.6 Å². The SMILES string of the molecule is Cc1cccc(C(=O)N2CCC(=O)N(c3ccccc3)CC2)c1. The van der Waals surface area contributed by atoms with E-state index >= 15 is 0 Å². The fourth-order valence-electron chi connectivity index (χ4n) is 2.87. The molecule has 1 saturated heterocycles. The van der Waals surface area contributed by atoms with Crippen molar-refractivity contribution in [2.45, 2.75) is 13.3 Å². The predicted octanol–water partition coefficient (Wildman–Crippen LogP) is 2.87. The van der Waals surface area contributed by atoms with Crippen molar-refractivity contribution in [3.63, 3.8) is 0 Å². The molecule has 1 aliphatic heterocycles. The van der Waals surface area contributed by atoms with Gasteiger partial charge in [-0.25, -0.2) is 0 Å². The summed E-state index contributed by atoms with van der Waals surface area (Å²) >= 11 is 0. The third-order valence-corrected chi connectivity index (χ3v) is 4.11. The van der Waals surface area contributed by atoms with E-state index in [4.69, 9.17) is 0 Å². The third-order valence-electron chi connectivity index (χ3n) is 4.11. The molecule has 0 radical (unpaired) electrons. The minimum atomic E-state index is -0.00332. The van der Waals surface area contributed by atoms with Crippen molar-refractivity contribution in [2.24, 2.45) is 0 Å². The molecule has 1 heterocycles. The van der Waals surface area contributed by atoms with Crippen molar-refractivity contribution in [3.05, 3.63) is 65.7 Å². The van der Waals surface area contributed by atoms with Crippen LogP contribution in [0.5, 0.6) is 0 Å². The first-order chi connectivity index (χ1) is 11.1. The number of amides is 2. The Balaban J connectivity index is 1.75. The van der Waals surface area contributed by atoms with E-state index in [-0.39, 0.29) is 11.8 Å². The highest BCUT2D eigenvalue weighted by Gasteiger charge is 2.25. The number of rotatable bonds is 2. The zero-order valence-electron chi connectivity index (χ0n) is 13.2. The van der Waals surface area contributed by atoms with Gasteiger partial charge in [-0.3, -0.25) is 9.59 Å². The number of nitrogens with zero attached hydrogens (tertiary/aromatic N) is 2. The van der Waals surface area contributed by atoms with Gasteiger partial charge in [-0.15, -0.1) is 0 Å². The lowest BCUT2D eigenvalue weighted by molar-refractivity contribution is -0.118. The van der Waals surface area contributed by atoms with E-state index < -0.39 is 0 Å². The highest BCUT2D eigenvalue weighted by Crippen LogP contribution is 2.18. The molecule has 1 aliphatic rings. The molecule has 4 nitrogen and oxygen atoms in total. The molecule has 0 atom stereocenters. The summed E-state index contributed by atoms with van der Waals surface area (Å²) in [6.45, 7) is 3.52. The molecule has 2 aromatic rings. The molecule has 0 N–H and O–H groups in total. The Hall–Kier alpha value is -2.62. The summed E-state index contributed by atoms with van der Waals surface area (Å²) in [5.41, 5.74) is 2.64. The second kappa shape index (κ2) is 6.65. The summed E-state index contributed by atoms with van der Waals surface area (Å²) in [5, 5.41) is 0. The van der Waals surface area contributed by atoms with Crippen LogP contribution in [0.15, 0.2) is 54.6 Å². The molecule has 23 heavy (non-hydrogen) atoms. The summed E-state index contributed by atoms with van der Waals surface area (Å²) in [7, 11) is 0. The Morgan fingerprint density at radius 1 is 0.957 bits per heavy atom.